The number of halogens is 2. The van der Waals surface area contributed by atoms with Gasteiger partial charge in [0, 0.05) is 31.8 Å². The lowest BCUT2D eigenvalue weighted by Crippen LogP contribution is -2.46. The van der Waals surface area contributed by atoms with Crippen LogP contribution in [0.5, 0.6) is 0 Å². The number of rotatable bonds is 7. The van der Waals surface area contributed by atoms with Crippen LogP contribution in [0.4, 0.5) is 20.2 Å². The van der Waals surface area contributed by atoms with Gasteiger partial charge in [-0.2, -0.15) is 0 Å². The molecule has 0 saturated carbocycles. The van der Waals surface area contributed by atoms with Crippen molar-refractivity contribution >= 4 is 23.3 Å². The second-order valence-electron chi connectivity index (χ2n) is 8.33. The van der Waals surface area contributed by atoms with Crippen LogP contribution in [-0.2, 0) is 14.3 Å². The minimum atomic E-state index is -1.24. The lowest BCUT2D eigenvalue weighted by Gasteiger charge is -2.39. The minimum Gasteiger partial charge on any atom is -0.481 e. The summed E-state index contributed by atoms with van der Waals surface area (Å²) in [6.45, 7) is 5.72. The summed E-state index contributed by atoms with van der Waals surface area (Å²) in [6, 6.07) is 2.05. The third-order valence-electron chi connectivity index (χ3n) is 4.62. The number of aliphatic carboxylic acids is 1. The van der Waals surface area contributed by atoms with Crippen molar-refractivity contribution < 1.29 is 33.3 Å². The van der Waals surface area contributed by atoms with Crippen LogP contribution in [0.25, 0.3) is 0 Å². The number of ether oxygens (including phenoxy) is 1. The quantitative estimate of drug-likeness (QED) is 0.590. The highest BCUT2D eigenvalue weighted by molar-refractivity contribution is 5.71. The molecule has 0 amide bonds. The molecule has 3 N–H and O–H groups in total. The van der Waals surface area contributed by atoms with E-state index in [0.717, 1.165) is 12.1 Å². The summed E-state index contributed by atoms with van der Waals surface area (Å²) in [5.41, 5.74) is -1.93. The molecule has 0 unspecified atom stereocenters. The number of carbonyl (C=O) groups excluding carboxylic acids is 1. The van der Waals surface area contributed by atoms with E-state index in [4.69, 9.17) is 9.84 Å². The lowest BCUT2D eigenvalue weighted by molar-refractivity contribution is -0.161. The van der Waals surface area contributed by atoms with Crippen LogP contribution in [0.15, 0.2) is 12.1 Å². The predicted octanol–water partition coefficient (Wildman–Crippen LogP) is 2.91. The third kappa shape index (κ3) is 6.85. The molecule has 1 fully saturated rings. The van der Waals surface area contributed by atoms with Crippen LogP contribution in [0.1, 0.15) is 46.5 Å². The molecule has 7 nitrogen and oxygen atoms in total. The molecule has 1 heterocycles. The van der Waals surface area contributed by atoms with Crippen molar-refractivity contribution in [2.75, 3.05) is 29.9 Å². The van der Waals surface area contributed by atoms with Crippen molar-refractivity contribution in [3.8, 4) is 0 Å². The Hall–Kier alpha value is -2.42. The molecule has 1 aromatic carbocycles. The fourth-order valence-electron chi connectivity index (χ4n) is 3.21. The average molecular weight is 414 g/mol. The van der Waals surface area contributed by atoms with Crippen LogP contribution in [0, 0.1) is 11.6 Å². The van der Waals surface area contributed by atoms with Crippen molar-refractivity contribution in [1.29, 1.82) is 0 Å². The maximum atomic E-state index is 14.5. The predicted molar refractivity (Wildman–Crippen MR) is 104 cm³/mol. The molecule has 2 rings (SSSR count). The molecular weight excluding hydrogens is 386 g/mol. The fourth-order valence-corrected chi connectivity index (χ4v) is 3.21. The monoisotopic (exact) mass is 414 g/mol. The van der Waals surface area contributed by atoms with E-state index in [9.17, 15) is 23.5 Å². The normalized spacial score (nSPS) is 16.4. The molecular formula is C20H28F2N2O5. The summed E-state index contributed by atoms with van der Waals surface area (Å²) in [6.07, 6.45) is 0.0599. The summed E-state index contributed by atoms with van der Waals surface area (Å²) < 4.78 is 34.0. The van der Waals surface area contributed by atoms with E-state index in [1.807, 2.05) is 0 Å². The Morgan fingerprint density at radius 1 is 1.21 bits per heavy atom. The van der Waals surface area contributed by atoms with Crippen molar-refractivity contribution in [2.45, 2.75) is 57.7 Å². The van der Waals surface area contributed by atoms with Gasteiger partial charge in [-0.15, -0.1) is 0 Å². The number of aliphatic hydroxyl groups is 1. The van der Waals surface area contributed by atoms with Crippen LogP contribution in [-0.4, -0.2) is 53.0 Å². The van der Waals surface area contributed by atoms with Gasteiger partial charge < -0.3 is 25.2 Å². The first kappa shape index (κ1) is 22.9. The van der Waals surface area contributed by atoms with E-state index in [2.05, 4.69) is 5.32 Å². The number of esters is 1. The van der Waals surface area contributed by atoms with E-state index in [1.165, 1.54) is 0 Å². The van der Waals surface area contributed by atoms with Crippen molar-refractivity contribution in [2.24, 2.45) is 0 Å². The number of benzene rings is 1. The summed E-state index contributed by atoms with van der Waals surface area (Å²) >= 11 is 0. The van der Waals surface area contributed by atoms with Crippen LogP contribution < -0.4 is 10.2 Å². The molecule has 0 aromatic heterocycles. The average Bonchev–Trinajstić information content (AvgIpc) is 2.56. The van der Waals surface area contributed by atoms with Gasteiger partial charge in [0.2, 0.25) is 0 Å². The first-order valence-corrected chi connectivity index (χ1v) is 9.52. The Labute approximate surface area is 168 Å². The SMILES string of the molecule is CC(C)(C)OC(=O)CC1(O)CCN(c2cc(F)c(NCCC(=O)O)cc2F)CC1. The second-order valence-corrected chi connectivity index (χ2v) is 8.33. The molecule has 1 saturated heterocycles. The van der Waals surface area contributed by atoms with Gasteiger partial charge in [-0.05, 0) is 33.6 Å². The summed E-state index contributed by atoms with van der Waals surface area (Å²) in [7, 11) is 0. The highest BCUT2D eigenvalue weighted by Crippen LogP contribution is 2.33. The number of hydrogen-bond acceptors (Lipinski definition) is 6. The number of carboxylic acid groups (broad SMARTS) is 1. The maximum absolute atomic E-state index is 14.5. The van der Waals surface area contributed by atoms with E-state index in [-0.39, 0.29) is 56.7 Å². The number of carboxylic acids is 1. The molecule has 0 bridgehead atoms. The van der Waals surface area contributed by atoms with Gasteiger partial charge in [-0.3, -0.25) is 9.59 Å². The summed E-state index contributed by atoms with van der Waals surface area (Å²) in [4.78, 5) is 24.1. The Kier molecular flexibility index (Phi) is 7.05. The van der Waals surface area contributed by atoms with E-state index >= 15 is 0 Å². The smallest absolute Gasteiger partial charge is 0.309 e. The number of piperidine rings is 1. The van der Waals surface area contributed by atoms with Gasteiger partial charge in [0.25, 0.3) is 0 Å². The molecule has 0 radical (unpaired) electrons. The molecule has 1 aromatic rings. The number of nitrogens with one attached hydrogen (secondary N) is 1. The zero-order chi connectivity index (χ0) is 21.8. The van der Waals surface area contributed by atoms with Gasteiger partial charge >= 0.3 is 11.9 Å². The van der Waals surface area contributed by atoms with Gasteiger partial charge in [0.05, 0.1) is 29.8 Å². The largest absolute Gasteiger partial charge is 0.481 e. The van der Waals surface area contributed by atoms with Crippen LogP contribution >= 0.6 is 0 Å². The highest BCUT2D eigenvalue weighted by Gasteiger charge is 2.36. The number of carbonyl (C=O) groups is 2. The van der Waals surface area contributed by atoms with E-state index in [1.54, 1.807) is 25.7 Å². The van der Waals surface area contributed by atoms with Crippen LogP contribution in [0.3, 0.4) is 0 Å². The van der Waals surface area contributed by atoms with E-state index in [0.29, 0.717) is 0 Å². The number of anilines is 2. The molecule has 29 heavy (non-hydrogen) atoms. The molecule has 1 aliphatic rings. The summed E-state index contributed by atoms with van der Waals surface area (Å²) in [5.74, 6) is -2.88. The van der Waals surface area contributed by atoms with Crippen molar-refractivity contribution in [3.05, 3.63) is 23.8 Å². The lowest BCUT2D eigenvalue weighted by atomic mass is 9.88. The molecule has 0 atom stereocenters. The molecule has 0 aliphatic carbocycles. The zero-order valence-electron chi connectivity index (χ0n) is 16.9. The Bertz CT molecular complexity index is 756. The summed E-state index contributed by atoms with van der Waals surface area (Å²) in [5, 5.41) is 21.8. The second kappa shape index (κ2) is 8.94. The Balaban J connectivity index is 1.99. The topological polar surface area (TPSA) is 99.1 Å². The van der Waals surface area contributed by atoms with Crippen molar-refractivity contribution in [1.82, 2.24) is 0 Å². The zero-order valence-corrected chi connectivity index (χ0v) is 16.9. The highest BCUT2D eigenvalue weighted by atomic mass is 19.1. The molecule has 0 spiro atoms. The maximum Gasteiger partial charge on any atom is 0.309 e. The van der Waals surface area contributed by atoms with Crippen molar-refractivity contribution in [3.63, 3.8) is 0 Å². The van der Waals surface area contributed by atoms with Gasteiger partial charge in [-0.1, -0.05) is 0 Å². The number of hydrogen-bond donors (Lipinski definition) is 3. The van der Waals surface area contributed by atoms with Gasteiger partial charge in [0.15, 0.2) is 0 Å². The first-order chi connectivity index (χ1) is 13.4. The Morgan fingerprint density at radius 2 is 1.83 bits per heavy atom. The van der Waals surface area contributed by atoms with E-state index < -0.39 is 34.8 Å². The van der Waals surface area contributed by atoms with Crippen LogP contribution in [0.2, 0.25) is 0 Å². The molecule has 1 aliphatic heterocycles. The minimum absolute atomic E-state index is 0.0214. The molecule has 9 heteroatoms. The standard InChI is InChI=1S/C20H28F2N2O5/c1-19(2,3)29-18(27)12-20(28)5-8-24(9-6-20)16-11-13(21)15(10-14(16)22)23-7-4-17(25)26/h10-11,23,28H,4-9,12H2,1-3H3,(H,25,26). The fraction of sp³-hybridized carbons (Fsp3) is 0.600. The Morgan fingerprint density at radius 3 is 2.38 bits per heavy atom. The van der Waals surface area contributed by atoms with Gasteiger partial charge in [0.1, 0.15) is 17.2 Å². The third-order valence-corrected chi connectivity index (χ3v) is 4.62. The first-order valence-electron chi connectivity index (χ1n) is 9.52. The van der Waals surface area contributed by atoms with Gasteiger partial charge in [-0.25, -0.2) is 8.78 Å². The molecule has 162 valence electrons. The number of nitrogens with zero attached hydrogens (tertiary/aromatic N) is 1.